The highest BCUT2D eigenvalue weighted by molar-refractivity contribution is 9.10. The van der Waals surface area contributed by atoms with Gasteiger partial charge in [0, 0.05) is 4.47 Å². The molecule has 0 amide bonds. The van der Waals surface area contributed by atoms with Crippen LogP contribution in [0.5, 0.6) is 0 Å². The molecule has 0 heterocycles. The average Bonchev–Trinajstić information content (AvgIpc) is 2.08. The molecule has 12 heavy (non-hydrogen) atoms. The normalized spacial score (nSPS) is 12.2. The first-order valence-corrected chi connectivity index (χ1v) is 4.43. The summed E-state index contributed by atoms with van der Waals surface area (Å²) in [6, 6.07) is 5.55. The minimum atomic E-state index is -0.303. The lowest BCUT2D eigenvalue weighted by Crippen LogP contribution is -2.08. The zero-order chi connectivity index (χ0) is 9.14. The Hall–Kier alpha value is -0.780. The molecule has 2 heteroatoms. The van der Waals surface area contributed by atoms with Crippen molar-refractivity contribution in [3.8, 4) is 12.3 Å². The highest BCUT2D eigenvalue weighted by atomic mass is 79.9. The molecule has 0 bridgehead atoms. The SMILES string of the molecule is C#CC(N)c1cccc(Br)c1C. The molecule has 0 aliphatic heterocycles. The first kappa shape index (κ1) is 9.31. The van der Waals surface area contributed by atoms with Crippen LogP contribution in [-0.2, 0) is 0 Å². The van der Waals surface area contributed by atoms with Crippen LogP contribution in [0.1, 0.15) is 17.2 Å². The maximum absolute atomic E-state index is 5.71. The van der Waals surface area contributed by atoms with Crippen molar-refractivity contribution in [1.29, 1.82) is 0 Å². The summed E-state index contributed by atoms with van der Waals surface area (Å²) in [5.41, 5.74) is 7.83. The number of nitrogens with two attached hydrogens (primary N) is 1. The van der Waals surface area contributed by atoms with Crippen LogP contribution in [0.25, 0.3) is 0 Å². The van der Waals surface area contributed by atoms with Gasteiger partial charge in [0.1, 0.15) is 0 Å². The molecule has 1 aromatic carbocycles. The Bertz CT molecular complexity index is 325. The summed E-state index contributed by atoms with van der Waals surface area (Å²) in [6.07, 6.45) is 5.23. The van der Waals surface area contributed by atoms with Crippen LogP contribution in [0.15, 0.2) is 22.7 Å². The molecule has 62 valence electrons. The van der Waals surface area contributed by atoms with E-state index in [1.807, 2.05) is 25.1 Å². The molecule has 0 aromatic heterocycles. The minimum Gasteiger partial charge on any atom is -0.314 e. The lowest BCUT2D eigenvalue weighted by Gasteiger charge is -2.09. The van der Waals surface area contributed by atoms with E-state index in [9.17, 15) is 0 Å². The Labute approximate surface area is 81.1 Å². The second-order valence-corrected chi connectivity index (χ2v) is 3.45. The van der Waals surface area contributed by atoms with Crippen molar-refractivity contribution in [2.75, 3.05) is 0 Å². The Morgan fingerprint density at radius 1 is 1.58 bits per heavy atom. The van der Waals surface area contributed by atoms with Crippen molar-refractivity contribution in [3.05, 3.63) is 33.8 Å². The predicted molar refractivity (Wildman–Crippen MR) is 54.6 cm³/mol. The molecule has 0 spiro atoms. The molecule has 0 aliphatic carbocycles. The Balaban J connectivity index is 3.18. The lowest BCUT2D eigenvalue weighted by molar-refractivity contribution is 0.930. The van der Waals surface area contributed by atoms with Crippen molar-refractivity contribution in [1.82, 2.24) is 0 Å². The minimum absolute atomic E-state index is 0.303. The highest BCUT2D eigenvalue weighted by Gasteiger charge is 2.06. The first-order chi connectivity index (χ1) is 5.66. The van der Waals surface area contributed by atoms with Gasteiger partial charge in [-0.15, -0.1) is 6.42 Å². The fourth-order valence-corrected chi connectivity index (χ4v) is 1.43. The van der Waals surface area contributed by atoms with Gasteiger partial charge < -0.3 is 5.73 Å². The molecule has 1 unspecified atom stereocenters. The predicted octanol–water partition coefficient (Wildman–Crippen LogP) is 2.39. The smallest absolute Gasteiger partial charge is 0.0921 e. The molecule has 2 N–H and O–H groups in total. The third-order valence-corrected chi connectivity index (χ3v) is 2.68. The number of terminal acetylenes is 1. The van der Waals surface area contributed by atoms with Gasteiger partial charge in [0.25, 0.3) is 0 Å². The van der Waals surface area contributed by atoms with Gasteiger partial charge in [-0.25, -0.2) is 0 Å². The Kier molecular flexibility index (Phi) is 2.91. The summed E-state index contributed by atoms with van der Waals surface area (Å²) >= 11 is 3.42. The van der Waals surface area contributed by atoms with E-state index in [-0.39, 0.29) is 6.04 Å². The van der Waals surface area contributed by atoms with Gasteiger partial charge in [0.15, 0.2) is 0 Å². The summed E-state index contributed by atoms with van der Waals surface area (Å²) in [5, 5.41) is 0. The van der Waals surface area contributed by atoms with Crippen LogP contribution in [0.3, 0.4) is 0 Å². The van der Waals surface area contributed by atoms with Crippen molar-refractivity contribution in [2.24, 2.45) is 5.73 Å². The number of rotatable bonds is 1. The maximum atomic E-state index is 5.71. The monoisotopic (exact) mass is 223 g/mol. The van der Waals surface area contributed by atoms with Gasteiger partial charge in [-0.2, -0.15) is 0 Å². The molecular formula is C10H10BrN. The fourth-order valence-electron chi connectivity index (χ4n) is 1.05. The van der Waals surface area contributed by atoms with Crippen LogP contribution >= 0.6 is 15.9 Å². The largest absolute Gasteiger partial charge is 0.314 e. The first-order valence-electron chi connectivity index (χ1n) is 3.63. The quantitative estimate of drug-likeness (QED) is 0.728. The van der Waals surface area contributed by atoms with Crippen molar-refractivity contribution >= 4 is 15.9 Å². The molecule has 0 saturated heterocycles. The Morgan fingerprint density at radius 2 is 2.25 bits per heavy atom. The number of benzene rings is 1. The lowest BCUT2D eigenvalue weighted by atomic mass is 10.0. The van der Waals surface area contributed by atoms with Gasteiger partial charge in [-0.05, 0) is 24.1 Å². The topological polar surface area (TPSA) is 26.0 Å². The van der Waals surface area contributed by atoms with E-state index in [0.29, 0.717) is 0 Å². The van der Waals surface area contributed by atoms with Crippen LogP contribution in [0.4, 0.5) is 0 Å². The van der Waals surface area contributed by atoms with Crippen LogP contribution in [0, 0.1) is 19.3 Å². The molecule has 1 nitrogen and oxygen atoms in total. The van der Waals surface area contributed by atoms with Gasteiger partial charge in [-0.3, -0.25) is 0 Å². The second-order valence-electron chi connectivity index (χ2n) is 2.60. The zero-order valence-electron chi connectivity index (χ0n) is 6.84. The molecule has 1 aromatic rings. The number of hydrogen-bond acceptors (Lipinski definition) is 1. The summed E-state index contributed by atoms with van der Waals surface area (Å²) in [6.45, 7) is 2.00. The molecular weight excluding hydrogens is 214 g/mol. The van der Waals surface area contributed by atoms with E-state index in [4.69, 9.17) is 12.2 Å². The van der Waals surface area contributed by atoms with E-state index in [2.05, 4.69) is 21.9 Å². The van der Waals surface area contributed by atoms with Crippen molar-refractivity contribution in [2.45, 2.75) is 13.0 Å². The van der Waals surface area contributed by atoms with Crippen LogP contribution in [-0.4, -0.2) is 0 Å². The number of halogens is 1. The molecule has 1 atom stereocenters. The maximum Gasteiger partial charge on any atom is 0.0921 e. The zero-order valence-corrected chi connectivity index (χ0v) is 8.43. The summed E-state index contributed by atoms with van der Waals surface area (Å²) in [4.78, 5) is 0. The molecule has 1 rings (SSSR count). The third-order valence-electron chi connectivity index (χ3n) is 1.82. The van der Waals surface area contributed by atoms with Crippen molar-refractivity contribution in [3.63, 3.8) is 0 Å². The average molecular weight is 224 g/mol. The molecule has 0 saturated carbocycles. The number of hydrogen-bond donors (Lipinski definition) is 1. The molecule has 0 fully saturated rings. The highest BCUT2D eigenvalue weighted by Crippen LogP contribution is 2.22. The van der Waals surface area contributed by atoms with Crippen LogP contribution in [0.2, 0.25) is 0 Å². The van der Waals surface area contributed by atoms with Gasteiger partial charge in [0.2, 0.25) is 0 Å². The summed E-state index contributed by atoms with van der Waals surface area (Å²) in [5.74, 6) is 2.51. The van der Waals surface area contributed by atoms with Gasteiger partial charge in [0.05, 0.1) is 6.04 Å². The van der Waals surface area contributed by atoms with Gasteiger partial charge in [-0.1, -0.05) is 34.0 Å². The molecule has 0 aliphatic rings. The standard InChI is InChI=1S/C10H10BrN/c1-3-10(12)8-5-4-6-9(11)7(8)2/h1,4-6,10H,12H2,2H3. The summed E-state index contributed by atoms with van der Waals surface area (Å²) < 4.78 is 1.05. The second kappa shape index (κ2) is 3.75. The Morgan fingerprint density at radius 3 is 2.83 bits per heavy atom. The van der Waals surface area contributed by atoms with E-state index in [0.717, 1.165) is 15.6 Å². The van der Waals surface area contributed by atoms with Crippen LogP contribution < -0.4 is 5.73 Å². The third kappa shape index (κ3) is 1.69. The summed E-state index contributed by atoms with van der Waals surface area (Å²) in [7, 11) is 0. The van der Waals surface area contributed by atoms with E-state index >= 15 is 0 Å². The molecule has 0 radical (unpaired) electrons. The fraction of sp³-hybridized carbons (Fsp3) is 0.200. The van der Waals surface area contributed by atoms with Crippen molar-refractivity contribution < 1.29 is 0 Å². The van der Waals surface area contributed by atoms with Gasteiger partial charge >= 0.3 is 0 Å². The van der Waals surface area contributed by atoms with E-state index < -0.39 is 0 Å². The van der Waals surface area contributed by atoms with E-state index in [1.54, 1.807) is 0 Å². The van der Waals surface area contributed by atoms with E-state index in [1.165, 1.54) is 0 Å².